The highest BCUT2D eigenvalue weighted by atomic mass is 32.2. The number of aromatic hydroxyl groups is 1. The first-order valence-corrected chi connectivity index (χ1v) is 9.51. The van der Waals surface area contributed by atoms with Gasteiger partial charge < -0.3 is 15.2 Å². The summed E-state index contributed by atoms with van der Waals surface area (Å²) in [7, 11) is 0. The second-order valence-corrected chi connectivity index (χ2v) is 7.26. The van der Waals surface area contributed by atoms with E-state index in [1.807, 2.05) is 48.5 Å². The minimum atomic E-state index is -0.213. The molecule has 6 nitrogen and oxygen atoms in total. The van der Waals surface area contributed by atoms with Crippen molar-refractivity contribution >= 4 is 34.7 Å². The number of aromatic amines is 1. The normalized spacial score (nSPS) is 11.5. The second-order valence-electron chi connectivity index (χ2n) is 6.20. The van der Waals surface area contributed by atoms with Crippen LogP contribution in [0.15, 0.2) is 69.8 Å². The van der Waals surface area contributed by atoms with Gasteiger partial charge in [-0.05, 0) is 43.3 Å². The van der Waals surface area contributed by atoms with Gasteiger partial charge in [0.1, 0.15) is 5.75 Å². The number of rotatable bonds is 5. The third-order valence-corrected chi connectivity index (χ3v) is 5.18. The van der Waals surface area contributed by atoms with Gasteiger partial charge in [0, 0.05) is 28.4 Å². The zero-order valence-corrected chi connectivity index (χ0v) is 15.9. The Bertz CT molecular complexity index is 1120. The Hall–Kier alpha value is -3.16. The summed E-state index contributed by atoms with van der Waals surface area (Å²) in [6, 6.07) is 15.6. The van der Waals surface area contributed by atoms with Crippen molar-refractivity contribution in [1.82, 2.24) is 15.0 Å². The maximum atomic E-state index is 10.2. The average molecular weight is 390 g/mol. The van der Waals surface area contributed by atoms with Gasteiger partial charge in [-0.25, -0.2) is 4.98 Å². The van der Waals surface area contributed by atoms with E-state index in [-0.39, 0.29) is 12.4 Å². The van der Waals surface area contributed by atoms with Crippen molar-refractivity contribution < 1.29 is 10.2 Å². The summed E-state index contributed by atoms with van der Waals surface area (Å²) >= 11 is 1.55. The molecule has 0 radical (unpaired) electrons. The fourth-order valence-corrected chi connectivity index (χ4v) is 3.55. The Kier molecular flexibility index (Phi) is 5.10. The van der Waals surface area contributed by atoms with E-state index in [9.17, 15) is 10.2 Å². The topological polar surface area (TPSA) is 94.4 Å². The van der Waals surface area contributed by atoms with Crippen LogP contribution >= 0.6 is 11.8 Å². The molecule has 2 aromatic heterocycles. The van der Waals surface area contributed by atoms with Crippen LogP contribution in [0, 0.1) is 6.92 Å². The van der Waals surface area contributed by atoms with Crippen molar-refractivity contribution in [3.63, 3.8) is 0 Å². The molecular formula is C21H18N4O2S. The Balaban J connectivity index is 1.52. The molecular weight excluding hydrogens is 372 g/mol. The predicted molar refractivity (Wildman–Crippen MR) is 110 cm³/mol. The number of H-pyrrole nitrogens is 1. The summed E-state index contributed by atoms with van der Waals surface area (Å²) in [5.41, 5.74) is 4.21. The lowest BCUT2D eigenvalue weighted by Gasteiger charge is -2.07. The van der Waals surface area contributed by atoms with E-state index in [4.69, 9.17) is 0 Å². The van der Waals surface area contributed by atoms with E-state index in [0.29, 0.717) is 16.8 Å². The van der Waals surface area contributed by atoms with Crippen LogP contribution in [0.5, 0.6) is 5.75 Å². The molecule has 0 aliphatic carbocycles. The van der Waals surface area contributed by atoms with Gasteiger partial charge in [-0.2, -0.15) is 0 Å². The molecule has 4 rings (SSSR count). The highest BCUT2D eigenvalue weighted by Gasteiger charge is 2.09. The lowest BCUT2D eigenvalue weighted by atomic mass is 10.1. The molecule has 0 fully saturated rings. The number of nitrogens with one attached hydrogen (secondary N) is 1. The van der Waals surface area contributed by atoms with Gasteiger partial charge in [0.05, 0.1) is 29.0 Å². The lowest BCUT2D eigenvalue weighted by Crippen LogP contribution is -1.97. The number of aliphatic hydroxyl groups is 1. The number of hydrogen-bond acceptors (Lipinski definition) is 6. The van der Waals surface area contributed by atoms with E-state index >= 15 is 0 Å². The van der Waals surface area contributed by atoms with E-state index in [1.165, 1.54) is 0 Å². The van der Waals surface area contributed by atoms with Crippen LogP contribution in [0.25, 0.3) is 11.0 Å². The van der Waals surface area contributed by atoms with Gasteiger partial charge in [-0.15, -0.1) is 0 Å². The molecule has 0 bridgehead atoms. The van der Waals surface area contributed by atoms with Gasteiger partial charge in [0.2, 0.25) is 0 Å². The summed E-state index contributed by atoms with van der Waals surface area (Å²) in [6.45, 7) is 1.49. The Morgan fingerprint density at radius 1 is 1.14 bits per heavy atom. The number of benzene rings is 2. The number of aliphatic imine (C=N–C) groups is 1. The molecule has 4 aromatic rings. The number of hydrogen-bond donors (Lipinski definition) is 3. The highest BCUT2D eigenvalue weighted by Crippen LogP contribution is 2.29. The summed E-state index contributed by atoms with van der Waals surface area (Å²) in [5.74, 6) is 0.0346. The quantitative estimate of drug-likeness (QED) is 0.440. The monoisotopic (exact) mass is 390 g/mol. The van der Waals surface area contributed by atoms with Crippen LogP contribution in [0.2, 0.25) is 0 Å². The van der Waals surface area contributed by atoms with Crippen molar-refractivity contribution in [2.24, 2.45) is 4.99 Å². The number of aromatic nitrogens is 3. The zero-order chi connectivity index (χ0) is 19.5. The molecule has 0 saturated carbocycles. The molecule has 2 heterocycles. The fraction of sp³-hybridized carbons (Fsp3) is 0.0952. The number of para-hydroxylation sites is 2. The third-order valence-electron chi connectivity index (χ3n) is 4.29. The van der Waals surface area contributed by atoms with Crippen LogP contribution < -0.4 is 0 Å². The van der Waals surface area contributed by atoms with E-state index in [2.05, 4.69) is 19.9 Å². The molecule has 28 heavy (non-hydrogen) atoms. The van der Waals surface area contributed by atoms with Gasteiger partial charge in [0.25, 0.3) is 0 Å². The van der Waals surface area contributed by atoms with Crippen molar-refractivity contribution in [3.8, 4) is 5.75 Å². The highest BCUT2D eigenvalue weighted by molar-refractivity contribution is 7.99. The molecule has 0 atom stereocenters. The molecule has 0 amide bonds. The maximum Gasteiger partial charge on any atom is 0.171 e. The van der Waals surface area contributed by atoms with Crippen LogP contribution in [0.1, 0.15) is 16.8 Å². The molecule has 140 valence electrons. The molecule has 0 aliphatic heterocycles. The van der Waals surface area contributed by atoms with Crippen molar-refractivity contribution in [2.45, 2.75) is 23.6 Å². The van der Waals surface area contributed by atoms with Crippen LogP contribution in [-0.2, 0) is 6.61 Å². The summed E-state index contributed by atoms with van der Waals surface area (Å²) in [4.78, 5) is 17.4. The molecule has 7 heteroatoms. The molecule has 0 spiro atoms. The maximum absolute atomic E-state index is 10.2. The number of aryl methyl sites for hydroxylation is 1. The number of imidazole rings is 1. The van der Waals surface area contributed by atoms with E-state index in [1.54, 1.807) is 31.1 Å². The smallest absolute Gasteiger partial charge is 0.171 e. The van der Waals surface area contributed by atoms with Crippen molar-refractivity contribution in [1.29, 1.82) is 0 Å². The van der Waals surface area contributed by atoms with Crippen molar-refractivity contribution in [2.75, 3.05) is 0 Å². The fourth-order valence-electron chi connectivity index (χ4n) is 2.75. The first-order valence-electron chi connectivity index (χ1n) is 8.69. The molecule has 0 aliphatic rings. The first-order chi connectivity index (χ1) is 13.6. The number of nitrogens with zero attached hydrogens (tertiary/aromatic N) is 3. The Labute approximate surface area is 166 Å². The largest absolute Gasteiger partial charge is 0.505 e. The molecule has 2 aromatic carbocycles. The number of aliphatic hydroxyl groups excluding tert-OH is 1. The molecule has 0 saturated heterocycles. The van der Waals surface area contributed by atoms with Gasteiger partial charge in [-0.3, -0.25) is 9.98 Å². The average Bonchev–Trinajstić information content (AvgIpc) is 3.12. The van der Waals surface area contributed by atoms with Crippen LogP contribution in [-0.4, -0.2) is 31.4 Å². The SMILES string of the molecule is Cc1ncc(CO)c(C=Nc2ccc(Sc3nc4ccccc4[nH]3)cc2)c1O. The van der Waals surface area contributed by atoms with Crippen LogP contribution in [0.3, 0.4) is 0 Å². The summed E-state index contributed by atoms with van der Waals surface area (Å²) in [6.07, 6.45) is 3.10. The van der Waals surface area contributed by atoms with E-state index < -0.39 is 0 Å². The van der Waals surface area contributed by atoms with Gasteiger partial charge in [0.15, 0.2) is 5.16 Å². The third kappa shape index (κ3) is 3.76. The van der Waals surface area contributed by atoms with Crippen molar-refractivity contribution in [3.05, 3.63) is 71.5 Å². The summed E-state index contributed by atoms with van der Waals surface area (Å²) in [5, 5.41) is 20.4. The number of fused-ring (bicyclic) bond motifs is 1. The van der Waals surface area contributed by atoms with Gasteiger partial charge in [-0.1, -0.05) is 23.9 Å². The predicted octanol–water partition coefficient (Wildman–Crippen LogP) is 4.37. The zero-order valence-electron chi connectivity index (χ0n) is 15.1. The first kappa shape index (κ1) is 18.2. The Morgan fingerprint density at radius 3 is 2.68 bits per heavy atom. The Morgan fingerprint density at radius 2 is 1.93 bits per heavy atom. The van der Waals surface area contributed by atoms with Crippen LogP contribution in [0.4, 0.5) is 5.69 Å². The van der Waals surface area contributed by atoms with E-state index in [0.717, 1.165) is 26.8 Å². The molecule has 0 unspecified atom stereocenters. The second kappa shape index (κ2) is 7.84. The molecule has 3 N–H and O–H groups in total. The minimum absolute atomic E-state index is 0.0346. The minimum Gasteiger partial charge on any atom is -0.505 e. The lowest BCUT2D eigenvalue weighted by molar-refractivity contribution is 0.280. The summed E-state index contributed by atoms with van der Waals surface area (Å²) < 4.78 is 0. The standard InChI is InChI=1S/C21H18N4O2S/c1-13-20(27)17(14(12-26)10-22-13)11-23-15-6-8-16(9-7-15)28-21-24-18-4-2-3-5-19(18)25-21/h2-11,26-27H,12H2,1H3,(H,24,25). The van der Waals surface area contributed by atoms with Gasteiger partial charge >= 0.3 is 0 Å². The number of pyridine rings is 1.